The molecule has 1 aromatic heterocycles. The first-order valence-electron chi connectivity index (χ1n) is 13.1. The van der Waals surface area contributed by atoms with Crippen LogP contribution < -0.4 is 14.4 Å². The summed E-state index contributed by atoms with van der Waals surface area (Å²) in [5.41, 5.74) is 4.94. The fraction of sp³-hybridized carbons (Fsp3) is 0.219. The molecule has 2 aliphatic rings. The van der Waals surface area contributed by atoms with Gasteiger partial charge in [-0.05, 0) is 79.4 Å². The van der Waals surface area contributed by atoms with Crippen LogP contribution in [0, 0.1) is 13.8 Å². The number of carbonyl (C=O) groups is 2. The Balaban J connectivity index is 1.51. The van der Waals surface area contributed by atoms with Crippen LogP contribution in [0.3, 0.4) is 0 Å². The van der Waals surface area contributed by atoms with Crippen molar-refractivity contribution in [3.05, 3.63) is 101 Å². The lowest BCUT2D eigenvalue weighted by Crippen LogP contribution is -2.29. The molecule has 0 spiro atoms. The van der Waals surface area contributed by atoms with E-state index in [2.05, 4.69) is 6.58 Å². The fourth-order valence-electron chi connectivity index (χ4n) is 5.43. The van der Waals surface area contributed by atoms with Gasteiger partial charge in [-0.1, -0.05) is 42.2 Å². The molecule has 8 heteroatoms. The first-order chi connectivity index (χ1) is 19.2. The number of amides is 1. The summed E-state index contributed by atoms with van der Waals surface area (Å²) in [6, 6.07) is 15.7. The zero-order chi connectivity index (χ0) is 28.1. The molecule has 1 saturated heterocycles. The molecule has 1 fully saturated rings. The third kappa shape index (κ3) is 4.34. The number of anilines is 1. The summed E-state index contributed by atoms with van der Waals surface area (Å²) in [5.74, 6) is -0.333. The van der Waals surface area contributed by atoms with Crippen LogP contribution in [-0.4, -0.2) is 34.5 Å². The van der Waals surface area contributed by atoms with E-state index in [1.165, 1.54) is 16.2 Å². The molecule has 0 bridgehead atoms. The van der Waals surface area contributed by atoms with Crippen molar-refractivity contribution in [1.29, 1.82) is 0 Å². The molecule has 0 aliphatic carbocycles. The summed E-state index contributed by atoms with van der Waals surface area (Å²) in [7, 11) is 0. The number of aliphatic hydroxyl groups excluding tert-OH is 1. The number of ketones is 1. The van der Waals surface area contributed by atoms with Gasteiger partial charge in [-0.2, -0.15) is 0 Å². The number of nitrogens with zero attached hydrogens (tertiary/aromatic N) is 2. The molecule has 0 unspecified atom stereocenters. The number of Topliss-reactive ketones (excluding diaryl/α,β-unsaturated/α-hetero) is 1. The molecule has 3 aromatic carbocycles. The van der Waals surface area contributed by atoms with Gasteiger partial charge in [0.15, 0.2) is 5.13 Å². The minimum absolute atomic E-state index is 0.0174. The van der Waals surface area contributed by atoms with Crippen molar-refractivity contribution in [2.45, 2.75) is 39.3 Å². The highest BCUT2D eigenvalue weighted by Gasteiger charge is 2.48. The topological polar surface area (TPSA) is 89.0 Å². The SMILES string of the molecule is C=CCOc1ccc([C@H]2C(=C(O)c3ccc4c(c3)C[C@H](C)O4)C(=O)C(=O)N2c2nc3c(C)cc(C)cc3s2)cc1. The van der Waals surface area contributed by atoms with Crippen molar-refractivity contribution in [2.75, 3.05) is 11.5 Å². The lowest BCUT2D eigenvalue weighted by molar-refractivity contribution is -0.132. The summed E-state index contributed by atoms with van der Waals surface area (Å²) in [6.45, 7) is 9.99. The van der Waals surface area contributed by atoms with Gasteiger partial charge in [-0.15, -0.1) is 0 Å². The number of thiazole rings is 1. The van der Waals surface area contributed by atoms with Gasteiger partial charge in [-0.25, -0.2) is 4.98 Å². The van der Waals surface area contributed by atoms with E-state index in [-0.39, 0.29) is 17.4 Å². The summed E-state index contributed by atoms with van der Waals surface area (Å²) in [5, 5.41) is 12.0. The van der Waals surface area contributed by atoms with Gasteiger partial charge in [0.05, 0.1) is 21.8 Å². The van der Waals surface area contributed by atoms with E-state index in [4.69, 9.17) is 14.5 Å². The molecule has 1 amide bonds. The van der Waals surface area contributed by atoms with Gasteiger partial charge in [0.25, 0.3) is 5.78 Å². The average Bonchev–Trinajstić information content (AvgIpc) is 3.60. The second-order valence-electron chi connectivity index (χ2n) is 10.2. The van der Waals surface area contributed by atoms with E-state index in [0.717, 1.165) is 32.7 Å². The molecule has 2 aliphatic heterocycles. The molecule has 6 rings (SSSR count). The number of aromatic nitrogens is 1. The third-order valence-corrected chi connectivity index (χ3v) is 8.20. The maximum atomic E-state index is 13.6. The van der Waals surface area contributed by atoms with E-state index in [0.29, 0.717) is 35.0 Å². The predicted molar refractivity (Wildman–Crippen MR) is 156 cm³/mol. The molecule has 2 atom stereocenters. The summed E-state index contributed by atoms with van der Waals surface area (Å²) in [6.07, 6.45) is 2.39. The molecular weight excluding hydrogens is 524 g/mol. The van der Waals surface area contributed by atoms with Crippen LogP contribution in [0.4, 0.5) is 5.13 Å². The molecule has 1 N–H and O–H groups in total. The zero-order valence-electron chi connectivity index (χ0n) is 22.4. The van der Waals surface area contributed by atoms with Crippen LogP contribution in [0.15, 0.2) is 72.8 Å². The first kappa shape index (κ1) is 25.8. The molecular formula is C32H28N2O5S. The average molecular weight is 553 g/mol. The van der Waals surface area contributed by atoms with Crippen LogP contribution in [-0.2, 0) is 16.0 Å². The number of aryl methyl sites for hydroxylation is 2. The standard InChI is InChI=1S/C32H28N2O5S/c1-5-12-38-23-9-6-20(7-10-23)28-26(29(35)21-8-11-24-22(16-21)15-19(4)39-24)30(36)31(37)34(28)32-33-27-18(3)13-17(2)14-25(27)40-32/h5-11,13-14,16,19,28,35H,1,12,15H2,2-4H3/t19-,28-/m0/s1. The lowest BCUT2D eigenvalue weighted by Gasteiger charge is -2.23. The molecule has 4 aromatic rings. The van der Waals surface area contributed by atoms with Crippen molar-refractivity contribution in [3.8, 4) is 11.5 Å². The Morgan fingerprint density at radius 1 is 1.18 bits per heavy atom. The van der Waals surface area contributed by atoms with Gasteiger partial charge >= 0.3 is 5.91 Å². The maximum absolute atomic E-state index is 13.6. The Kier molecular flexibility index (Phi) is 6.43. The lowest BCUT2D eigenvalue weighted by atomic mass is 9.94. The van der Waals surface area contributed by atoms with Gasteiger partial charge < -0.3 is 14.6 Å². The highest BCUT2D eigenvalue weighted by molar-refractivity contribution is 7.22. The minimum Gasteiger partial charge on any atom is -0.507 e. The minimum atomic E-state index is -0.876. The van der Waals surface area contributed by atoms with E-state index in [1.54, 1.807) is 42.5 Å². The number of fused-ring (bicyclic) bond motifs is 2. The van der Waals surface area contributed by atoms with Crippen molar-refractivity contribution in [1.82, 2.24) is 4.98 Å². The predicted octanol–water partition coefficient (Wildman–Crippen LogP) is 6.43. The van der Waals surface area contributed by atoms with Gasteiger partial charge in [0.2, 0.25) is 0 Å². The quantitative estimate of drug-likeness (QED) is 0.128. The number of carbonyl (C=O) groups excluding carboxylic acids is 2. The highest BCUT2D eigenvalue weighted by Crippen LogP contribution is 2.45. The highest BCUT2D eigenvalue weighted by atomic mass is 32.1. The summed E-state index contributed by atoms with van der Waals surface area (Å²) >= 11 is 1.35. The maximum Gasteiger partial charge on any atom is 0.301 e. The van der Waals surface area contributed by atoms with Crippen LogP contribution in [0.2, 0.25) is 0 Å². The Labute approximate surface area is 236 Å². The van der Waals surface area contributed by atoms with Crippen LogP contribution in [0.1, 0.15) is 40.8 Å². The van der Waals surface area contributed by atoms with Crippen LogP contribution in [0.5, 0.6) is 11.5 Å². The Morgan fingerprint density at radius 3 is 2.70 bits per heavy atom. The van der Waals surface area contributed by atoms with Crippen molar-refractivity contribution >= 4 is 44.1 Å². The Morgan fingerprint density at radius 2 is 1.95 bits per heavy atom. The van der Waals surface area contributed by atoms with Gasteiger partial charge in [-0.3, -0.25) is 14.5 Å². The van der Waals surface area contributed by atoms with E-state index in [1.807, 2.05) is 39.0 Å². The Hall–Kier alpha value is -4.43. The first-order valence-corrected chi connectivity index (χ1v) is 13.9. The summed E-state index contributed by atoms with van der Waals surface area (Å²) in [4.78, 5) is 33.5. The number of aliphatic hydroxyl groups is 1. The molecule has 0 saturated carbocycles. The second kappa shape index (κ2) is 9.95. The largest absolute Gasteiger partial charge is 0.507 e. The van der Waals surface area contributed by atoms with Crippen LogP contribution in [0.25, 0.3) is 16.0 Å². The summed E-state index contributed by atoms with van der Waals surface area (Å²) < 4.78 is 12.4. The molecule has 202 valence electrons. The zero-order valence-corrected chi connectivity index (χ0v) is 23.2. The molecule has 3 heterocycles. The smallest absolute Gasteiger partial charge is 0.301 e. The number of rotatable bonds is 6. The Bertz CT molecular complexity index is 1720. The molecule has 0 radical (unpaired) electrons. The number of hydrogen-bond acceptors (Lipinski definition) is 7. The van der Waals surface area contributed by atoms with Crippen molar-refractivity contribution in [3.63, 3.8) is 0 Å². The van der Waals surface area contributed by atoms with Gasteiger partial charge in [0.1, 0.15) is 30.0 Å². The van der Waals surface area contributed by atoms with E-state index in [9.17, 15) is 14.7 Å². The molecule has 7 nitrogen and oxygen atoms in total. The van der Waals surface area contributed by atoms with Crippen molar-refractivity contribution < 1.29 is 24.2 Å². The van der Waals surface area contributed by atoms with Crippen molar-refractivity contribution in [2.24, 2.45) is 0 Å². The second-order valence-corrected chi connectivity index (χ2v) is 11.2. The van der Waals surface area contributed by atoms with E-state index < -0.39 is 17.7 Å². The third-order valence-electron chi connectivity index (χ3n) is 7.20. The monoisotopic (exact) mass is 552 g/mol. The number of benzene rings is 3. The normalized spacial score (nSPS) is 19.6. The fourth-order valence-corrected chi connectivity index (χ4v) is 6.60. The number of ether oxygens (including phenoxy) is 2. The molecule has 40 heavy (non-hydrogen) atoms. The van der Waals surface area contributed by atoms with Crippen LogP contribution >= 0.6 is 11.3 Å². The number of hydrogen-bond donors (Lipinski definition) is 1. The van der Waals surface area contributed by atoms with Gasteiger partial charge in [0, 0.05) is 12.0 Å². The van der Waals surface area contributed by atoms with E-state index >= 15 is 0 Å².